The van der Waals surface area contributed by atoms with Crippen LogP contribution in [0.3, 0.4) is 0 Å². The number of nitrogens with zero attached hydrogens (tertiary/aromatic N) is 3. The summed E-state index contributed by atoms with van der Waals surface area (Å²) in [7, 11) is 0. The van der Waals surface area contributed by atoms with Gasteiger partial charge in [-0.05, 0) is 117 Å². The number of amides is 3. The summed E-state index contributed by atoms with van der Waals surface area (Å²) in [5.74, 6) is -2.92. The van der Waals surface area contributed by atoms with E-state index < -0.39 is 46.3 Å². The molecule has 314 valence electrons. The van der Waals surface area contributed by atoms with E-state index in [9.17, 15) is 36.7 Å². The van der Waals surface area contributed by atoms with E-state index in [4.69, 9.17) is 17.5 Å². The average Bonchev–Trinajstić information content (AvgIpc) is 3.59. The van der Waals surface area contributed by atoms with E-state index >= 15 is 4.39 Å². The molecule has 0 radical (unpaired) electrons. The molecule has 3 amide bonds. The van der Waals surface area contributed by atoms with Crippen molar-refractivity contribution in [1.29, 1.82) is 5.26 Å². The average molecular weight is 855 g/mol. The Balaban J connectivity index is 0.871. The molecule has 1 aromatic heterocycles. The molecule has 61 heavy (non-hydrogen) atoms. The number of carbonyl (C=O) groups is 4. The second-order valence-corrected chi connectivity index (χ2v) is 15.9. The largest absolute Gasteiger partial charge is 0.417 e. The van der Waals surface area contributed by atoms with Gasteiger partial charge < -0.3 is 20.5 Å². The van der Waals surface area contributed by atoms with Crippen LogP contribution < -0.4 is 20.4 Å². The minimum atomic E-state index is -4.87. The molecule has 0 atom stereocenters. The van der Waals surface area contributed by atoms with Gasteiger partial charge in [-0.3, -0.25) is 24.1 Å². The smallest absolute Gasteiger partial charge is 0.354 e. The molecule has 1 fully saturated rings. The van der Waals surface area contributed by atoms with Crippen LogP contribution in [0.15, 0.2) is 72.8 Å². The van der Waals surface area contributed by atoms with Gasteiger partial charge in [-0.1, -0.05) is 30.7 Å². The Bertz CT molecular complexity index is 2650. The fourth-order valence-corrected chi connectivity index (χ4v) is 8.41. The monoisotopic (exact) mass is 854 g/mol. The number of H-pyrrole nitrogens is 1. The van der Waals surface area contributed by atoms with Crippen molar-refractivity contribution < 1.29 is 41.1 Å². The van der Waals surface area contributed by atoms with Gasteiger partial charge in [0.25, 0.3) is 11.8 Å². The first-order valence-electron chi connectivity index (χ1n) is 19.6. The lowest BCUT2D eigenvalue weighted by atomic mass is 9.99. The van der Waals surface area contributed by atoms with Crippen molar-refractivity contribution in [2.24, 2.45) is 0 Å². The third-order valence-electron chi connectivity index (χ3n) is 11.0. The SMILES string of the molecule is CC1(C)C(=O)N(c2ccc(C#N)c(C(F)(F)F)c2)C(=S)N1c1ccc(C(=O)NCCCCCC(=O)NCc2ccc(-c3[nH]c4cc(F)cc5c4c3CCCC5=O)cc2)c(F)c1. The molecule has 4 aromatic carbocycles. The number of carbonyl (C=O) groups excluding carboxylic acids is 4. The van der Waals surface area contributed by atoms with Gasteiger partial charge in [0.2, 0.25) is 5.91 Å². The Morgan fingerprint density at radius 2 is 1.66 bits per heavy atom. The lowest BCUT2D eigenvalue weighted by molar-refractivity contribution is -0.137. The molecule has 7 rings (SSSR count). The number of benzene rings is 4. The number of unbranched alkanes of at least 4 members (excludes halogenated alkanes) is 2. The van der Waals surface area contributed by atoms with E-state index in [1.165, 1.54) is 55.1 Å². The second-order valence-electron chi connectivity index (χ2n) is 15.5. The van der Waals surface area contributed by atoms with Crippen molar-refractivity contribution in [2.75, 3.05) is 16.3 Å². The highest BCUT2D eigenvalue weighted by Crippen LogP contribution is 2.41. The van der Waals surface area contributed by atoms with Crippen LogP contribution in [-0.4, -0.2) is 45.7 Å². The summed E-state index contributed by atoms with van der Waals surface area (Å²) in [5.41, 5.74) is 0.966. The minimum Gasteiger partial charge on any atom is -0.354 e. The molecule has 3 N–H and O–H groups in total. The number of anilines is 2. The number of hydrogen-bond donors (Lipinski definition) is 3. The summed E-state index contributed by atoms with van der Waals surface area (Å²) in [6.45, 7) is 3.49. The summed E-state index contributed by atoms with van der Waals surface area (Å²) >= 11 is 5.51. The van der Waals surface area contributed by atoms with E-state index in [2.05, 4.69) is 15.6 Å². The van der Waals surface area contributed by atoms with Crippen molar-refractivity contribution in [3.05, 3.63) is 118 Å². The van der Waals surface area contributed by atoms with Crippen LogP contribution in [-0.2, 0) is 28.7 Å². The number of aromatic amines is 1. The van der Waals surface area contributed by atoms with Crippen molar-refractivity contribution in [3.63, 3.8) is 0 Å². The number of halogens is 5. The first-order valence-corrected chi connectivity index (χ1v) is 20.0. The van der Waals surface area contributed by atoms with Gasteiger partial charge >= 0.3 is 6.18 Å². The topological polar surface area (TPSA) is 138 Å². The van der Waals surface area contributed by atoms with Crippen molar-refractivity contribution in [3.8, 4) is 17.3 Å². The van der Waals surface area contributed by atoms with Crippen LogP contribution in [0.4, 0.5) is 33.3 Å². The fourth-order valence-electron chi connectivity index (χ4n) is 7.89. The van der Waals surface area contributed by atoms with Gasteiger partial charge in [-0.25, -0.2) is 8.78 Å². The molecule has 1 aliphatic heterocycles. The van der Waals surface area contributed by atoms with Gasteiger partial charge in [0.15, 0.2) is 10.9 Å². The van der Waals surface area contributed by atoms with E-state index in [1.807, 2.05) is 24.3 Å². The van der Waals surface area contributed by atoms with Crippen LogP contribution in [0, 0.1) is 23.0 Å². The number of hydrogen-bond acceptors (Lipinski definition) is 6. The van der Waals surface area contributed by atoms with Gasteiger partial charge in [0, 0.05) is 53.8 Å². The zero-order chi connectivity index (χ0) is 43.8. The molecule has 16 heteroatoms. The van der Waals surface area contributed by atoms with E-state index in [0.29, 0.717) is 62.2 Å². The molecule has 2 aliphatic rings. The highest BCUT2D eigenvalue weighted by Gasteiger charge is 2.51. The van der Waals surface area contributed by atoms with Crippen LogP contribution in [0.2, 0.25) is 0 Å². The number of nitriles is 1. The fraction of sp³-hybridized carbons (Fsp3) is 0.289. The standard InChI is InChI=1S/C45H39F5N6O4S/c1-44(2)42(60)55(29-15-14-27(23-51)34(21-29)45(48,49)50)43(61)56(44)30-16-17-31(35(47)22-30)41(59)52-18-5-3-4-9-38(58)53-24-25-10-12-26(13-11-25)40-32-7-6-8-37(57)33-19-28(46)20-36(54-40)39(32)33/h10-17,19-22,54H,3-9,18,24H2,1-2H3,(H,52,59)(H,53,58). The Labute approximate surface area is 352 Å². The highest BCUT2D eigenvalue weighted by atomic mass is 32.1. The zero-order valence-corrected chi connectivity index (χ0v) is 33.9. The number of alkyl halides is 3. The predicted molar refractivity (Wildman–Crippen MR) is 223 cm³/mol. The summed E-state index contributed by atoms with van der Waals surface area (Å²) < 4.78 is 70.7. The molecule has 10 nitrogen and oxygen atoms in total. The number of nitrogens with one attached hydrogen (secondary N) is 3. The molecular formula is C45H39F5N6O4S. The molecule has 2 heterocycles. The molecule has 1 saturated heterocycles. The highest BCUT2D eigenvalue weighted by molar-refractivity contribution is 7.81. The van der Waals surface area contributed by atoms with Crippen molar-refractivity contribution in [1.82, 2.24) is 15.6 Å². The van der Waals surface area contributed by atoms with Crippen molar-refractivity contribution >= 4 is 63.1 Å². The van der Waals surface area contributed by atoms with Gasteiger partial charge in [-0.2, -0.15) is 18.4 Å². The normalized spacial score (nSPS) is 15.0. The first kappa shape index (κ1) is 42.6. The maximum Gasteiger partial charge on any atom is 0.417 e. The molecular weight excluding hydrogens is 816 g/mol. The van der Waals surface area contributed by atoms with E-state index in [1.54, 1.807) is 0 Å². The molecule has 1 aliphatic carbocycles. The first-order chi connectivity index (χ1) is 29.0. The van der Waals surface area contributed by atoms with E-state index in [-0.39, 0.29) is 46.7 Å². The number of aryl methyl sites for hydroxylation is 1. The predicted octanol–water partition coefficient (Wildman–Crippen LogP) is 9.05. The Kier molecular flexibility index (Phi) is 11.8. The molecule has 5 aromatic rings. The second kappa shape index (κ2) is 16.9. The van der Waals surface area contributed by atoms with E-state index in [0.717, 1.165) is 44.8 Å². The van der Waals surface area contributed by atoms with Crippen LogP contribution in [0.1, 0.15) is 95.3 Å². The van der Waals surface area contributed by atoms with Crippen LogP contribution >= 0.6 is 12.2 Å². The lowest BCUT2D eigenvalue weighted by Gasteiger charge is -2.29. The molecule has 0 unspecified atom stereocenters. The quantitative estimate of drug-likeness (QED) is 0.0647. The van der Waals surface area contributed by atoms with Gasteiger partial charge in [-0.15, -0.1) is 0 Å². The molecule has 0 bridgehead atoms. The summed E-state index contributed by atoms with van der Waals surface area (Å²) in [5, 5.41) is 15.3. The maximum absolute atomic E-state index is 15.4. The van der Waals surface area contributed by atoms with Crippen LogP contribution in [0.25, 0.3) is 22.2 Å². The maximum atomic E-state index is 15.4. The van der Waals surface area contributed by atoms with Crippen molar-refractivity contribution in [2.45, 2.75) is 77.1 Å². The summed E-state index contributed by atoms with van der Waals surface area (Å²) in [6, 6.07) is 18.3. The van der Waals surface area contributed by atoms with Crippen LogP contribution in [0.5, 0.6) is 0 Å². The summed E-state index contributed by atoms with van der Waals surface area (Å²) in [6.07, 6.45) is -1.16. The zero-order valence-electron chi connectivity index (χ0n) is 33.1. The summed E-state index contributed by atoms with van der Waals surface area (Å²) in [4.78, 5) is 57.1. The third-order valence-corrected chi connectivity index (χ3v) is 11.4. The number of aromatic nitrogens is 1. The number of thiocarbonyl (C=S) groups is 1. The Hall–Kier alpha value is -6.47. The van der Waals surface area contributed by atoms with Gasteiger partial charge in [0.1, 0.15) is 17.2 Å². The minimum absolute atomic E-state index is 0.0585. The number of ketones is 1. The molecule has 0 saturated carbocycles. The molecule has 0 spiro atoms. The Morgan fingerprint density at radius 3 is 2.36 bits per heavy atom. The third kappa shape index (κ3) is 8.47. The number of rotatable bonds is 12. The Morgan fingerprint density at radius 1 is 0.918 bits per heavy atom. The number of Topliss-reactive ketones (excluding diaryl/α,β-unsaturated/α-hetero) is 1. The van der Waals surface area contributed by atoms with Gasteiger partial charge in [0.05, 0.1) is 28.4 Å². The lowest BCUT2D eigenvalue weighted by Crippen LogP contribution is -2.44.